The van der Waals surface area contributed by atoms with Crippen molar-refractivity contribution in [2.24, 2.45) is 11.7 Å². The van der Waals surface area contributed by atoms with Crippen LogP contribution in [0.1, 0.15) is 24.6 Å². The maximum atomic E-state index is 6.14. The SMILES string of the molecule is COc1cc(Br)c2oc(C(N)C3CC3)cc2c1. The lowest BCUT2D eigenvalue weighted by Gasteiger charge is -2.04. The Morgan fingerprint density at radius 1 is 1.41 bits per heavy atom. The molecule has 3 rings (SSSR count). The van der Waals surface area contributed by atoms with Gasteiger partial charge in [-0.25, -0.2) is 0 Å². The molecule has 0 amide bonds. The van der Waals surface area contributed by atoms with Crippen LogP contribution < -0.4 is 10.5 Å². The van der Waals surface area contributed by atoms with Crippen LogP contribution in [0.3, 0.4) is 0 Å². The molecule has 0 aliphatic heterocycles. The number of benzene rings is 1. The molecule has 1 aromatic carbocycles. The van der Waals surface area contributed by atoms with Crippen LogP contribution in [0.4, 0.5) is 0 Å². The summed E-state index contributed by atoms with van der Waals surface area (Å²) >= 11 is 3.49. The largest absolute Gasteiger partial charge is 0.497 e. The van der Waals surface area contributed by atoms with Crippen LogP contribution in [0.15, 0.2) is 27.1 Å². The lowest BCUT2D eigenvalue weighted by molar-refractivity contribution is 0.415. The van der Waals surface area contributed by atoms with Crippen LogP contribution in [-0.4, -0.2) is 7.11 Å². The molecule has 1 saturated carbocycles. The van der Waals surface area contributed by atoms with Crippen molar-refractivity contribution in [2.75, 3.05) is 7.11 Å². The number of halogens is 1. The molecule has 17 heavy (non-hydrogen) atoms. The highest BCUT2D eigenvalue weighted by Crippen LogP contribution is 2.42. The van der Waals surface area contributed by atoms with E-state index in [1.54, 1.807) is 7.11 Å². The van der Waals surface area contributed by atoms with Crippen LogP contribution in [0, 0.1) is 5.92 Å². The van der Waals surface area contributed by atoms with Gasteiger partial charge >= 0.3 is 0 Å². The van der Waals surface area contributed by atoms with Gasteiger partial charge in [-0.1, -0.05) is 0 Å². The quantitative estimate of drug-likeness (QED) is 0.941. The Bertz CT molecular complexity index is 560. The van der Waals surface area contributed by atoms with Gasteiger partial charge in [-0.05, 0) is 52.9 Å². The second-order valence-electron chi connectivity index (χ2n) is 4.54. The summed E-state index contributed by atoms with van der Waals surface area (Å²) in [6.07, 6.45) is 2.42. The third kappa shape index (κ3) is 1.96. The molecule has 2 N–H and O–H groups in total. The summed E-state index contributed by atoms with van der Waals surface area (Å²) in [6.45, 7) is 0. The molecule has 90 valence electrons. The van der Waals surface area contributed by atoms with E-state index in [-0.39, 0.29) is 6.04 Å². The van der Waals surface area contributed by atoms with Crippen LogP contribution in [0.2, 0.25) is 0 Å². The number of rotatable bonds is 3. The Hall–Kier alpha value is -1.00. The maximum Gasteiger partial charge on any atom is 0.148 e. The van der Waals surface area contributed by atoms with Crippen molar-refractivity contribution in [1.29, 1.82) is 0 Å². The fourth-order valence-corrected chi connectivity index (χ4v) is 2.61. The van der Waals surface area contributed by atoms with E-state index in [1.807, 2.05) is 18.2 Å². The van der Waals surface area contributed by atoms with E-state index >= 15 is 0 Å². The third-order valence-electron chi connectivity index (χ3n) is 3.26. The second kappa shape index (κ2) is 4.03. The molecule has 1 aromatic heterocycles. The maximum absolute atomic E-state index is 6.14. The zero-order valence-electron chi connectivity index (χ0n) is 9.57. The first-order chi connectivity index (χ1) is 8.19. The lowest BCUT2D eigenvalue weighted by Crippen LogP contribution is -2.10. The van der Waals surface area contributed by atoms with Gasteiger partial charge < -0.3 is 14.9 Å². The summed E-state index contributed by atoms with van der Waals surface area (Å²) in [5.74, 6) is 2.28. The predicted octanol–water partition coefficient (Wildman–Crippen LogP) is 3.61. The van der Waals surface area contributed by atoms with Crippen molar-refractivity contribution >= 4 is 26.9 Å². The van der Waals surface area contributed by atoms with Gasteiger partial charge in [0.05, 0.1) is 17.6 Å². The van der Waals surface area contributed by atoms with E-state index in [9.17, 15) is 0 Å². The Morgan fingerprint density at radius 2 is 2.18 bits per heavy atom. The molecule has 1 unspecified atom stereocenters. The van der Waals surface area contributed by atoms with Gasteiger partial charge in [-0.3, -0.25) is 0 Å². The highest BCUT2D eigenvalue weighted by Gasteiger charge is 2.31. The monoisotopic (exact) mass is 295 g/mol. The molecule has 0 saturated heterocycles. The van der Waals surface area contributed by atoms with Crippen molar-refractivity contribution in [3.63, 3.8) is 0 Å². The first-order valence-corrected chi connectivity index (χ1v) is 6.51. The third-order valence-corrected chi connectivity index (χ3v) is 3.85. The average molecular weight is 296 g/mol. The molecule has 0 spiro atoms. The van der Waals surface area contributed by atoms with Gasteiger partial charge in [0.2, 0.25) is 0 Å². The fraction of sp³-hybridized carbons (Fsp3) is 0.385. The summed E-state index contributed by atoms with van der Waals surface area (Å²) in [7, 11) is 1.66. The molecule has 1 aliphatic carbocycles. The Kier molecular flexibility index (Phi) is 2.64. The molecule has 0 radical (unpaired) electrons. The van der Waals surface area contributed by atoms with Crippen LogP contribution in [-0.2, 0) is 0 Å². The fourth-order valence-electron chi connectivity index (χ4n) is 2.07. The highest BCUT2D eigenvalue weighted by atomic mass is 79.9. The molecule has 1 heterocycles. The Balaban J connectivity index is 2.08. The Labute approximate surface area is 108 Å². The standard InChI is InChI=1S/C13H14BrNO2/c1-16-9-4-8-5-11(12(15)7-2-3-7)17-13(8)10(14)6-9/h4-7,12H,2-3,15H2,1H3. The normalized spacial score (nSPS) is 17.4. The van der Waals surface area contributed by atoms with Crippen LogP contribution in [0.5, 0.6) is 5.75 Å². The molecule has 1 atom stereocenters. The summed E-state index contributed by atoms with van der Waals surface area (Å²) < 4.78 is 12.0. The van der Waals surface area contributed by atoms with Crippen LogP contribution in [0.25, 0.3) is 11.0 Å². The van der Waals surface area contributed by atoms with Gasteiger partial charge in [-0.2, -0.15) is 0 Å². The zero-order valence-corrected chi connectivity index (χ0v) is 11.2. The van der Waals surface area contributed by atoms with Crippen molar-refractivity contribution in [2.45, 2.75) is 18.9 Å². The van der Waals surface area contributed by atoms with Crippen molar-refractivity contribution in [3.05, 3.63) is 28.4 Å². The number of hydrogen-bond donors (Lipinski definition) is 1. The first-order valence-electron chi connectivity index (χ1n) is 5.71. The zero-order chi connectivity index (χ0) is 12.0. The van der Waals surface area contributed by atoms with Gasteiger partial charge in [0.1, 0.15) is 17.1 Å². The van der Waals surface area contributed by atoms with Gasteiger partial charge in [0, 0.05) is 5.39 Å². The molecule has 2 aromatic rings. The van der Waals surface area contributed by atoms with E-state index < -0.39 is 0 Å². The van der Waals surface area contributed by atoms with Gasteiger partial charge in [-0.15, -0.1) is 0 Å². The molecular formula is C13H14BrNO2. The minimum absolute atomic E-state index is 0.0281. The van der Waals surface area contributed by atoms with Crippen LogP contribution >= 0.6 is 15.9 Å². The molecule has 3 nitrogen and oxygen atoms in total. The van der Waals surface area contributed by atoms with Gasteiger partial charge in [0.15, 0.2) is 0 Å². The second-order valence-corrected chi connectivity index (χ2v) is 5.39. The van der Waals surface area contributed by atoms with Gasteiger partial charge in [0.25, 0.3) is 0 Å². The minimum atomic E-state index is 0.0281. The summed E-state index contributed by atoms with van der Waals surface area (Å²) in [6, 6.07) is 5.91. The van der Waals surface area contributed by atoms with E-state index in [1.165, 1.54) is 12.8 Å². The molecule has 1 aliphatic rings. The summed E-state index contributed by atoms with van der Waals surface area (Å²) in [5, 5.41) is 1.03. The number of ether oxygens (including phenoxy) is 1. The van der Waals surface area contributed by atoms with E-state index in [4.69, 9.17) is 14.9 Å². The van der Waals surface area contributed by atoms with Crippen molar-refractivity contribution in [1.82, 2.24) is 0 Å². The summed E-state index contributed by atoms with van der Waals surface area (Å²) in [4.78, 5) is 0. The molecule has 0 bridgehead atoms. The molecule has 4 heteroatoms. The minimum Gasteiger partial charge on any atom is -0.497 e. The number of nitrogens with two attached hydrogens (primary N) is 1. The topological polar surface area (TPSA) is 48.4 Å². The Morgan fingerprint density at radius 3 is 2.82 bits per heavy atom. The molecular weight excluding hydrogens is 282 g/mol. The highest BCUT2D eigenvalue weighted by molar-refractivity contribution is 9.10. The number of methoxy groups -OCH3 is 1. The lowest BCUT2D eigenvalue weighted by atomic mass is 10.1. The van der Waals surface area contributed by atoms with E-state index in [0.717, 1.165) is 27.0 Å². The number of furan rings is 1. The number of fused-ring (bicyclic) bond motifs is 1. The van der Waals surface area contributed by atoms with E-state index in [0.29, 0.717) is 5.92 Å². The average Bonchev–Trinajstić information content (AvgIpc) is 3.07. The number of hydrogen-bond acceptors (Lipinski definition) is 3. The van der Waals surface area contributed by atoms with Crippen molar-refractivity contribution < 1.29 is 9.15 Å². The van der Waals surface area contributed by atoms with E-state index in [2.05, 4.69) is 15.9 Å². The van der Waals surface area contributed by atoms with Crippen molar-refractivity contribution in [3.8, 4) is 5.75 Å². The summed E-state index contributed by atoms with van der Waals surface area (Å²) in [5.41, 5.74) is 6.99. The first kappa shape index (κ1) is 11.1. The smallest absolute Gasteiger partial charge is 0.148 e. The predicted molar refractivity (Wildman–Crippen MR) is 70.1 cm³/mol. The molecule has 1 fully saturated rings.